The third kappa shape index (κ3) is 4.01. The van der Waals surface area contributed by atoms with E-state index in [2.05, 4.69) is 5.32 Å². The Bertz CT molecular complexity index is 720. The Morgan fingerprint density at radius 1 is 1.24 bits per heavy atom. The Morgan fingerprint density at radius 3 is 2.44 bits per heavy atom. The van der Waals surface area contributed by atoms with Crippen molar-refractivity contribution < 1.29 is 29.0 Å². The van der Waals surface area contributed by atoms with Crippen molar-refractivity contribution in [1.29, 1.82) is 0 Å². The third-order valence-electron chi connectivity index (χ3n) is 3.53. The van der Waals surface area contributed by atoms with Crippen LogP contribution in [0, 0.1) is 0 Å². The maximum absolute atomic E-state index is 12.3. The number of carboxylic acids is 1. The number of nitrogens with one attached hydrogen (secondary N) is 1. The number of carboxylic acid groups (broad SMARTS) is 1. The van der Waals surface area contributed by atoms with Gasteiger partial charge in [-0.3, -0.25) is 15.0 Å². The first-order chi connectivity index (χ1) is 11.4. The molecular formula is C17H22N2O6. The van der Waals surface area contributed by atoms with Gasteiger partial charge in [0.15, 0.2) is 6.61 Å². The number of rotatable bonds is 3. The number of ether oxygens (including phenoxy) is 2. The molecule has 2 N–H and O–H groups in total. The highest BCUT2D eigenvalue weighted by Crippen LogP contribution is 2.38. The monoisotopic (exact) mass is 350 g/mol. The molecule has 0 aliphatic carbocycles. The standard InChI is InChI=1S/C17H22N2O6/c1-16(2,3)25-15(23)18-10-6-7-12-11(8-10)19(13(20)9-24-12)17(4,5)14(21)22/h6-8H,9H2,1-5H3,(H,18,23)(H,21,22). The van der Waals surface area contributed by atoms with Crippen molar-refractivity contribution in [2.24, 2.45) is 0 Å². The zero-order chi connectivity index (χ0) is 19.0. The minimum Gasteiger partial charge on any atom is -0.482 e. The number of benzene rings is 1. The summed E-state index contributed by atoms with van der Waals surface area (Å²) in [5.41, 5.74) is -1.50. The molecule has 0 unspecified atom stereocenters. The SMILES string of the molecule is CC(C)(C)OC(=O)Nc1ccc2c(c1)N(C(C)(C)C(=O)O)C(=O)CO2. The normalized spacial score (nSPS) is 14.4. The van der Waals surface area contributed by atoms with Crippen molar-refractivity contribution >= 4 is 29.3 Å². The van der Waals surface area contributed by atoms with Crippen molar-refractivity contribution in [3.63, 3.8) is 0 Å². The molecule has 0 saturated heterocycles. The maximum Gasteiger partial charge on any atom is 0.412 e. The van der Waals surface area contributed by atoms with Gasteiger partial charge in [-0.05, 0) is 52.8 Å². The summed E-state index contributed by atoms with van der Waals surface area (Å²) in [4.78, 5) is 36.9. The highest BCUT2D eigenvalue weighted by atomic mass is 16.6. The summed E-state index contributed by atoms with van der Waals surface area (Å²) in [5.74, 6) is -1.27. The topological polar surface area (TPSA) is 105 Å². The average molecular weight is 350 g/mol. The molecule has 2 rings (SSSR count). The van der Waals surface area contributed by atoms with Crippen molar-refractivity contribution in [2.45, 2.75) is 45.8 Å². The molecule has 1 aliphatic rings. The Balaban J connectivity index is 2.36. The molecule has 0 bridgehead atoms. The quantitative estimate of drug-likeness (QED) is 0.868. The predicted octanol–water partition coefficient (Wildman–Crippen LogP) is 2.62. The molecule has 136 valence electrons. The third-order valence-corrected chi connectivity index (χ3v) is 3.53. The molecule has 0 spiro atoms. The Morgan fingerprint density at radius 2 is 1.88 bits per heavy atom. The van der Waals surface area contributed by atoms with E-state index in [0.717, 1.165) is 4.90 Å². The van der Waals surface area contributed by atoms with Gasteiger partial charge in [0, 0.05) is 5.69 Å². The van der Waals surface area contributed by atoms with E-state index in [4.69, 9.17) is 9.47 Å². The second-order valence-corrected chi connectivity index (χ2v) is 7.19. The fourth-order valence-corrected chi connectivity index (χ4v) is 2.36. The summed E-state index contributed by atoms with van der Waals surface area (Å²) >= 11 is 0. The van der Waals surface area contributed by atoms with Gasteiger partial charge in [-0.2, -0.15) is 0 Å². The number of carbonyl (C=O) groups is 3. The first-order valence-electron chi connectivity index (χ1n) is 7.75. The van der Waals surface area contributed by atoms with Crippen molar-refractivity contribution in [3.05, 3.63) is 18.2 Å². The molecule has 0 atom stereocenters. The van der Waals surface area contributed by atoms with Crippen molar-refractivity contribution in [1.82, 2.24) is 0 Å². The Labute approximate surface area is 145 Å². The van der Waals surface area contributed by atoms with Gasteiger partial charge in [0.1, 0.15) is 16.9 Å². The first-order valence-corrected chi connectivity index (χ1v) is 7.75. The zero-order valence-electron chi connectivity index (χ0n) is 14.9. The number of nitrogens with zero attached hydrogens (tertiary/aromatic N) is 1. The molecule has 25 heavy (non-hydrogen) atoms. The molecule has 0 aromatic heterocycles. The summed E-state index contributed by atoms with van der Waals surface area (Å²) in [6.07, 6.45) is -0.653. The minimum absolute atomic E-state index is 0.247. The molecule has 0 radical (unpaired) electrons. The van der Waals surface area contributed by atoms with Crippen molar-refractivity contribution in [2.75, 3.05) is 16.8 Å². The lowest BCUT2D eigenvalue weighted by atomic mass is 10.0. The van der Waals surface area contributed by atoms with Gasteiger partial charge in [0.25, 0.3) is 5.91 Å². The fraction of sp³-hybridized carbons (Fsp3) is 0.471. The highest BCUT2D eigenvalue weighted by molar-refractivity contribution is 6.05. The molecule has 8 heteroatoms. The lowest BCUT2D eigenvalue weighted by molar-refractivity contribution is -0.144. The minimum atomic E-state index is -1.47. The molecule has 2 amide bonds. The van der Waals surface area contributed by atoms with Crippen LogP contribution in [0.1, 0.15) is 34.6 Å². The van der Waals surface area contributed by atoms with E-state index in [9.17, 15) is 19.5 Å². The summed E-state index contributed by atoms with van der Waals surface area (Å²) < 4.78 is 10.5. The molecule has 1 heterocycles. The van der Waals surface area contributed by atoms with Crippen LogP contribution in [0.15, 0.2) is 18.2 Å². The van der Waals surface area contributed by atoms with E-state index in [0.29, 0.717) is 11.4 Å². The van der Waals surface area contributed by atoms with E-state index >= 15 is 0 Å². The van der Waals surface area contributed by atoms with Crippen LogP contribution >= 0.6 is 0 Å². The van der Waals surface area contributed by atoms with E-state index in [1.54, 1.807) is 32.9 Å². The van der Waals surface area contributed by atoms with Gasteiger partial charge in [-0.15, -0.1) is 0 Å². The molecular weight excluding hydrogens is 328 g/mol. The Hall–Kier alpha value is -2.77. The number of anilines is 2. The van der Waals surface area contributed by atoms with Crippen LogP contribution < -0.4 is 15.0 Å². The van der Waals surface area contributed by atoms with E-state index in [-0.39, 0.29) is 12.3 Å². The molecule has 1 aromatic rings. The fourth-order valence-electron chi connectivity index (χ4n) is 2.36. The van der Waals surface area contributed by atoms with Crippen LogP contribution in [0.3, 0.4) is 0 Å². The second-order valence-electron chi connectivity index (χ2n) is 7.19. The average Bonchev–Trinajstić information content (AvgIpc) is 2.44. The van der Waals surface area contributed by atoms with Crippen LogP contribution in [0.25, 0.3) is 0 Å². The summed E-state index contributed by atoms with van der Waals surface area (Å²) in [6.45, 7) is 7.82. The number of fused-ring (bicyclic) bond motifs is 1. The number of amides is 2. The maximum atomic E-state index is 12.3. The van der Waals surface area contributed by atoms with Gasteiger partial charge in [-0.25, -0.2) is 9.59 Å². The number of carbonyl (C=O) groups excluding carboxylic acids is 2. The smallest absolute Gasteiger partial charge is 0.412 e. The van der Waals surface area contributed by atoms with Crippen LogP contribution in [-0.2, 0) is 14.3 Å². The Kier molecular flexibility index (Phi) is 4.66. The van der Waals surface area contributed by atoms with Gasteiger partial charge >= 0.3 is 12.1 Å². The zero-order valence-corrected chi connectivity index (χ0v) is 14.9. The van der Waals surface area contributed by atoms with E-state index in [1.807, 2.05) is 0 Å². The summed E-state index contributed by atoms with van der Waals surface area (Å²) in [6, 6.07) is 4.64. The highest BCUT2D eigenvalue weighted by Gasteiger charge is 2.42. The molecule has 1 aromatic carbocycles. The first kappa shape index (κ1) is 18.6. The van der Waals surface area contributed by atoms with E-state index < -0.39 is 29.1 Å². The molecule has 0 saturated carbocycles. The summed E-state index contributed by atoms with van der Waals surface area (Å²) in [7, 11) is 0. The number of aliphatic carboxylic acids is 1. The predicted molar refractivity (Wildman–Crippen MR) is 91.0 cm³/mol. The lowest BCUT2D eigenvalue weighted by Gasteiger charge is -2.38. The lowest BCUT2D eigenvalue weighted by Crippen LogP contribution is -2.56. The largest absolute Gasteiger partial charge is 0.482 e. The second kappa shape index (κ2) is 6.27. The van der Waals surface area contributed by atoms with Crippen LogP contribution in [0.2, 0.25) is 0 Å². The van der Waals surface area contributed by atoms with Gasteiger partial charge in [-0.1, -0.05) is 0 Å². The molecule has 1 aliphatic heterocycles. The number of hydrogen-bond acceptors (Lipinski definition) is 5. The molecule has 8 nitrogen and oxygen atoms in total. The van der Waals surface area contributed by atoms with Crippen LogP contribution in [0.5, 0.6) is 5.75 Å². The van der Waals surface area contributed by atoms with Gasteiger partial charge in [0.05, 0.1) is 5.69 Å². The van der Waals surface area contributed by atoms with Crippen LogP contribution in [0.4, 0.5) is 16.2 Å². The van der Waals surface area contributed by atoms with Gasteiger partial charge in [0.2, 0.25) is 0 Å². The van der Waals surface area contributed by atoms with Crippen molar-refractivity contribution in [3.8, 4) is 5.75 Å². The van der Waals surface area contributed by atoms with Crippen LogP contribution in [-0.4, -0.2) is 40.8 Å². The summed E-state index contributed by atoms with van der Waals surface area (Å²) in [5, 5.41) is 12.0. The van der Waals surface area contributed by atoms with Gasteiger partial charge < -0.3 is 14.6 Å². The van der Waals surface area contributed by atoms with E-state index in [1.165, 1.54) is 19.9 Å². The number of hydrogen-bond donors (Lipinski definition) is 2. The molecule has 0 fully saturated rings.